The van der Waals surface area contributed by atoms with Gasteiger partial charge in [-0.2, -0.15) is 4.31 Å². The molecule has 1 heterocycles. The van der Waals surface area contributed by atoms with Crippen LogP contribution in [0.2, 0.25) is 0 Å². The number of anilines is 1. The van der Waals surface area contributed by atoms with E-state index in [4.69, 9.17) is 4.74 Å². The van der Waals surface area contributed by atoms with Crippen molar-refractivity contribution in [2.75, 3.05) is 11.9 Å². The molecule has 5 rings (SSSR count). The molecule has 6 nitrogen and oxygen atoms in total. The molecule has 7 heteroatoms. The first kappa shape index (κ1) is 23.1. The molecule has 0 fully saturated rings. The summed E-state index contributed by atoms with van der Waals surface area (Å²) in [5.74, 6) is 0.242. The fraction of sp³-hybridized carbons (Fsp3) is 0.179. The molecule has 1 aliphatic rings. The van der Waals surface area contributed by atoms with Crippen molar-refractivity contribution in [3.05, 3.63) is 102 Å². The van der Waals surface area contributed by atoms with Crippen LogP contribution in [0.4, 0.5) is 5.69 Å². The highest BCUT2D eigenvalue weighted by atomic mass is 32.2. The van der Waals surface area contributed by atoms with Crippen molar-refractivity contribution in [3.8, 4) is 5.75 Å². The van der Waals surface area contributed by atoms with Crippen LogP contribution in [0, 0.1) is 0 Å². The zero-order valence-electron chi connectivity index (χ0n) is 19.3. The third-order valence-corrected chi connectivity index (χ3v) is 8.17. The Morgan fingerprint density at radius 3 is 2.37 bits per heavy atom. The summed E-state index contributed by atoms with van der Waals surface area (Å²) in [5, 5.41) is 4.90. The van der Waals surface area contributed by atoms with E-state index in [9.17, 15) is 13.2 Å². The highest BCUT2D eigenvalue weighted by Crippen LogP contribution is 2.31. The SMILES string of the molecule is CCOc1ccc(S(=O)(=O)N2Cc3ccccc3CC2C(=O)Nc2cccc3ccccc23)cc1. The van der Waals surface area contributed by atoms with Crippen LogP contribution in [0.1, 0.15) is 18.1 Å². The molecular weight excluding hydrogens is 460 g/mol. The number of hydrogen-bond acceptors (Lipinski definition) is 4. The number of amides is 1. The van der Waals surface area contributed by atoms with E-state index in [1.54, 1.807) is 12.1 Å². The molecule has 4 aromatic carbocycles. The van der Waals surface area contributed by atoms with Gasteiger partial charge >= 0.3 is 0 Å². The lowest BCUT2D eigenvalue weighted by Gasteiger charge is -2.35. The minimum atomic E-state index is -3.95. The molecule has 0 radical (unpaired) electrons. The van der Waals surface area contributed by atoms with Gasteiger partial charge in [0.1, 0.15) is 11.8 Å². The van der Waals surface area contributed by atoms with Crippen molar-refractivity contribution >= 4 is 32.4 Å². The first-order valence-corrected chi connectivity index (χ1v) is 13.0. The number of nitrogens with one attached hydrogen (secondary N) is 1. The Kier molecular flexibility index (Phi) is 6.28. The maximum absolute atomic E-state index is 13.8. The van der Waals surface area contributed by atoms with Crippen molar-refractivity contribution in [2.45, 2.75) is 30.8 Å². The second-order valence-corrected chi connectivity index (χ2v) is 10.3. The number of carbonyl (C=O) groups is 1. The van der Waals surface area contributed by atoms with Crippen LogP contribution in [0.3, 0.4) is 0 Å². The first-order valence-electron chi connectivity index (χ1n) is 11.6. The molecule has 1 atom stereocenters. The molecule has 4 aromatic rings. The lowest BCUT2D eigenvalue weighted by atomic mass is 9.95. The molecule has 35 heavy (non-hydrogen) atoms. The Morgan fingerprint density at radius 2 is 1.60 bits per heavy atom. The van der Waals surface area contributed by atoms with Gasteiger partial charge in [-0.1, -0.05) is 60.7 Å². The monoisotopic (exact) mass is 486 g/mol. The molecule has 0 aliphatic carbocycles. The van der Waals surface area contributed by atoms with Gasteiger partial charge in [0.25, 0.3) is 0 Å². The molecule has 1 unspecified atom stereocenters. The average molecular weight is 487 g/mol. The van der Waals surface area contributed by atoms with E-state index in [-0.39, 0.29) is 17.3 Å². The second kappa shape index (κ2) is 9.52. The van der Waals surface area contributed by atoms with Gasteiger partial charge in [-0.15, -0.1) is 0 Å². The standard InChI is InChI=1S/C28H26N2O4S/c1-2-34-23-14-16-24(17-15-23)35(32,33)30-19-22-10-4-3-9-21(22)18-27(30)28(31)29-26-13-7-11-20-8-5-6-12-25(20)26/h3-17,27H,2,18-19H2,1H3,(H,29,31). The van der Waals surface area contributed by atoms with Gasteiger partial charge in [0.05, 0.1) is 11.5 Å². The maximum Gasteiger partial charge on any atom is 0.244 e. The van der Waals surface area contributed by atoms with Crippen LogP contribution in [-0.2, 0) is 27.8 Å². The summed E-state index contributed by atoms with van der Waals surface area (Å²) < 4.78 is 34.3. The lowest BCUT2D eigenvalue weighted by molar-refractivity contribution is -0.120. The fourth-order valence-electron chi connectivity index (χ4n) is 4.54. The number of hydrogen-bond donors (Lipinski definition) is 1. The van der Waals surface area contributed by atoms with Crippen LogP contribution in [0.15, 0.2) is 95.9 Å². The Labute approximate surface area is 205 Å². The topological polar surface area (TPSA) is 75.7 Å². The van der Waals surface area contributed by atoms with E-state index in [1.807, 2.05) is 73.7 Å². The Bertz CT molecular complexity index is 1480. The van der Waals surface area contributed by atoms with Crippen molar-refractivity contribution in [2.24, 2.45) is 0 Å². The van der Waals surface area contributed by atoms with E-state index in [0.717, 1.165) is 21.9 Å². The summed E-state index contributed by atoms with van der Waals surface area (Å²) in [4.78, 5) is 13.7. The van der Waals surface area contributed by atoms with Gasteiger partial charge < -0.3 is 10.1 Å². The number of sulfonamides is 1. The van der Waals surface area contributed by atoms with E-state index in [0.29, 0.717) is 24.5 Å². The molecule has 0 aromatic heterocycles. The summed E-state index contributed by atoms with van der Waals surface area (Å²) in [6.07, 6.45) is 0.295. The van der Waals surface area contributed by atoms with E-state index >= 15 is 0 Å². The zero-order valence-corrected chi connectivity index (χ0v) is 20.2. The summed E-state index contributed by atoms with van der Waals surface area (Å²) >= 11 is 0. The highest BCUT2D eigenvalue weighted by molar-refractivity contribution is 7.89. The van der Waals surface area contributed by atoms with Gasteiger partial charge in [-0.25, -0.2) is 8.42 Å². The summed E-state index contributed by atoms with van der Waals surface area (Å²) in [5.41, 5.74) is 2.53. The third kappa shape index (κ3) is 4.52. The van der Waals surface area contributed by atoms with Crippen LogP contribution in [0.5, 0.6) is 5.75 Å². The van der Waals surface area contributed by atoms with Gasteiger partial charge in [-0.3, -0.25) is 4.79 Å². The molecule has 1 amide bonds. The first-order chi connectivity index (χ1) is 17.0. The number of ether oxygens (including phenoxy) is 1. The summed E-state index contributed by atoms with van der Waals surface area (Å²) in [6, 6.07) is 26.6. The molecule has 0 saturated carbocycles. The number of benzene rings is 4. The number of fused-ring (bicyclic) bond motifs is 2. The van der Waals surface area contributed by atoms with Crippen LogP contribution in [-0.4, -0.2) is 31.3 Å². The maximum atomic E-state index is 13.8. The van der Waals surface area contributed by atoms with Gasteiger partial charge in [-0.05, 0) is 60.2 Å². The predicted molar refractivity (Wildman–Crippen MR) is 137 cm³/mol. The number of carbonyl (C=O) groups excluding carboxylic acids is 1. The quantitative estimate of drug-likeness (QED) is 0.417. The average Bonchev–Trinajstić information content (AvgIpc) is 2.88. The van der Waals surface area contributed by atoms with Crippen LogP contribution in [0.25, 0.3) is 10.8 Å². The van der Waals surface area contributed by atoms with Gasteiger partial charge in [0, 0.05) is 17.6 Å². The second-order valence-electron chi connectivity index (χ2n) is 8.46. The molecule has 1 aliphatic heterocycles. The molecule has 1 N–H and O–H groups in total. The fourth-order valence-corrected chi connectivity index (χ4v) is 6.10. The minimum Gasteiger partial charge on any atom is -0.494 e. The number of nitrogens with zero attached hydrogens (tertiary/aromatic N) is 1. The van der Waals surface area contributed by atoms with Crippen LogP contribution >= 0.6 is 0 Å². The zero-order chi connectivity index (χ0) is 24.4. The Hall–Kier alpha value is -3.68. The summed E-state index contributed by atoms with van der Waals surface area (Å²) in [6.45, 7) is 2.49. The molecule has 0 saturated heterocycles. The van der Waals surface area contributed by atoms with E-state index < -0.39 is 16.1 Å². The molecule has 178 valence electrons. The van der Waals surface area contributed by atoms with Gasteiger partial charge in [0.2, 0.25) is 15.9 Å². The molecular formula is C28H26N2O4S. The number of rotatable bonds is 6. The summed E-state index contributed by atoms with van der Waals surface area (Å²) in [7, 11) is -3.95. The van der Waals surface area contributed by atoms with Crippen molar-refractivity contribution in [1.29, 1.82) is 0 Å². The minimum absolute atomic E-state index is 0.124. The van der Waals surface area contributed by atoms with Crippen molar-refractivity contribution in [3.63, 3.8) is 0 Å². The van der Waals surface area contributed by atoms with Gasteiger partial charge in [0.15, 0.2) is 0 Å². The van der Waals surface area contributed by atoms with Crippen LogP contribution < -0.4 is 10.1 Å². The van der Waals surface area contributed by atoms with Crippen molar-refractivity contribution in [1.82, 2.24) is 4.31 Å². The smallest absolute Gasteiger partial charge is 0.244 e. The van der Waals surface area contributed by atoms with E-state index in [1.165, 1.54) is 16.4 Å². The Morgan fingerprint density at radius 1 is 0.914 bits per heavy atom. The normalized spacial score (nSPS) is 16.0. The largest absolute Gasteiger partial charge is 0.494 e. The highest BCUT2D eigenvalue weighted by Gasteiger charge is 2.39. The van der Waals surface area contributed by atoms with Crippen molar-refractivity contribution < 1.29 is 17.9 Å². The lowest BCUT2D eigenvalue weighted by Crippen LogP contribution is -2.50. The Balaban J connectivity index is 1.51. The predicted octanol–water partition coefficient (Wildman–Crippen LogP) is 4.99. The third-order valence-electron chi connectivity index (χ3n) is 6.30. The molecule has 0 bridgehead atoms. The molecule has 0 spiro atoms. The van der Waals surface area contributed by atoms with E-state index in [2.05, 4.69) is 5.32 Å².